The second kappa shape index (κ2) is 7.02. The number of para-hydroxylation sites is 1. The standard InChI is InChI=1S/C21H25N3O2S/c1-16-7-8-19(15-20(16)22-18-10-12-23(2)13-11-18)27(25,26)24-14-9-17-5-3-4-6-21(17)24/h3-9,14-15,18,22H,10-13H2,1-2H3. The van der Waals surface area contributed by atoms with E-state index in [0.717, 1.165) is 42.6 Å². The summed E-state index contributed by atoms with van der Waals surface area (Å²) in [6.07, 6.45) is 3.76. The second-order valence-corrected chi connectivity index (χ2v) is 9.19. The van der Waals surface area contributed by atoms with Gasteiger partial charge in [-0.3, -0.25) is 0 Å². The van der Waals surface area contributed by atoms with E-state index in [9.17, 15) is 8.42 Å². The first-order chi connectivity index (χ1) is 12.9. The van der Waals surface area contributed by atoms with Crippen molar-refractivity contribution in [1.82, 2.24) is 8.87 Å². The van der Waals surface area contributed by atoms with Crippen molar-refractivity contribution in [3.63, 3.8) is 0 Å². The van der Waals surface area contributed by atoms with Crippen LogP contribution in [0.25, 0.3) is 10.9 Å². The highest BCUT2D eigenvalue weighted by Gasteiger charge is 2.21. The highest BCUT2D eigenvalue weighted by molar-refractivity contribution is 7.90. The van der Waals surface area contributed by atoms with Crippen molar-refractivity contribution in [3.05, 3.63) is 60.3 Å². The van der Waals surface area contributed by atoms with Gasteiger partial charge in [-0.05, 0) is 69.7 Å². The van der Waals surface area contributed by atoms with Crippen LogP contribution in [-0.2, 0) is 10.0 Å². The molecule has 0 amide bonds. The Balaban J connectivity index is 1.67. The van der Waals surface area contributed by atoms with Gasteiger partial charge in [0.2, 0.25) is 0 Å². The third kappa shape index (κ3) is 3.47. The van der Waals surface area contributed by atoms with Gasteiger partial charge in [0, 0.05) is 23.3 Å². The molecule has 0 spiro atoms. The van der Waals surface area contributed by atoms with E-state index in [0.29, 0.717) is 16.5 Å². The molecule has 4 rings (SSSR count). The first kappa shape index (κ1) is 18.1. The molecule has 0 atom stereocenters. The third-order valence-corrected chi connectivity index (χ3v) is 7.09. The average Bonchev–Trinajstić information content (AvgIpc) is 3.10. The number of aryl methyl sites for hydroxylation is 1. The lowest BCUT2D eigenvalue weighted by atomic mass is 10.0. The van der Waals surface area contributed by atoms with Gasteiger partial charge < -0.3 is 10.2 Å². The molecule has 2 heterocycles. The zero-order chi connectivity index (χ0) is 19.0. The molecule has 1 N–H and O–H groups in total. The van der Waals surface area contributed by atoms with Gasteiger partial charge in [-0.2, -0.15) is 0 Å². The summed E-state index contributed by atoms with van der Waals surface area (Å²) in [5.41, 5.74) is 2.66. The summed E-state index contributed by atoms with van der Waals surface area (Å²) in [6, 6.07) is 15.1. The van der Waals surface area contributed by atoms with E-state index in [1.54, 1.807) is 18.3 Å². The molecule has 3 aromatic rings. The van der Waals surface area contributed by atoms with Gasteiger partial charge in [-0.1, -0.05) is 24.3 Å². The van der Waals surface area contributed by atoms with Crippen LogP contribution in [0.5, 0.6) is 0 Å². The number of nitrogens with zero attached hydrogens (tertiary/aromatic N) is 2. The van der Waals surface area contributed by atoms with E-state index >= 15 is 0 Å². The van der Waals surface area contributed by atoms with Crippen LogP contribution in [0, 0.1) is 6.92 Å². The maximum atomic E-state index is 13.2. The van der Waals surface area contributed by atoms with E-state index in [4.69, 9.17) is 0 Å². The van der Waals surface area contributed by atoms with Crippen molar-refractivity contribution in [3.8, 4) is 0 Å². The summed E-state index contributed by atoms with van der Waals surface area (Å²) in [6.45, 7) is 4.13. The van der Waals surface area contributed by atoms with Crippen molar-refractivity contribution in [2.24, 2.45) is 0 Å². The monoisotopic (exact) mass is 383 g/mol. The predicted molar refractivity (Wildman–Crippen MR) is 110 cm³/mol. The molecule has 0 saturated carbocycles. The molecular weight excluding hydrogens is 358 g/mol. The van der Waals surface area contributed by atoms with Crippen LogP contribution < -0.4 is 5.32 Å². The molecule has 0 unspecified atom stereocenters. The Morgan fingerprint density at radius 1 is 1.04 bits per heavy atom. The molecule has 1 saturated heterocycles. The lowest BCUT2D eigenvalue weighted by Gasteiger charge is -2.30. The highest BCUT2D eigenvalue weighted by atomic mass is 32.2. The minimum Gasteiger partial charge on any atom is -0.382 e. The van der Waals surface area contributed by atoms with E-state index in [-0.39, 0.29) is 0 Å². The van der Waals surface area contributed by atoms with Gasteiger partial charge in [-0.15, -0.1) is 0 Å². The first-order valence-electron chi connectivity index (χ1n) is 9.32. The topological polar surface area (TPSA) is 54.3 Å². The summed E-state index contributed by atoms with van der Waals surface area (Å²) in [5.74, 6) is 0. The fourth-order valence-electron chi connectivity index (χ4n) is 3.67. The van der Waals surface area contributed by atoms with Crippen molar-refractivity contribution in [2.75, 3.05) is 25.5 Å². The maximum Gasteiger partial charge on any atom is 0.268 e. The van der Waals surface area contributed by atoms with E-state index in [2.05, 4.69) is 17.3 Å². The number of anilines is 1. The minimum absolute atomic E-state index is 0.310. The Morgan fingerprint density at radius 2 is 1.78 bits per heavy atom. The number of hydrogen-bond acceptors (Lipinski definition) is 4. The molecule has 1 fully saturated rings. The van der Waals surface area contributed by atoms with Gasteiger partial charge >= 0.3 is 0 Å². The molecule has 1 aliphatic rings. The van der Waals surface area contributed by atoms with Crippen molar-refractivity contribution < 1.29 is 8.42 Å². The molecule has 2 aromatic carbocycles. The average molecular weight is 384 g/mol. The number of aromatic nitrogens is 1. The number of fused-ring (bicyclic) bond motifs is 1. The highest BCUT2D eigenvalue weighted by Crippen LogP contribution is 2.27. The van der Waals surface area contributed by atoms with Gasteiger partial charge in [-0.25, -0.2) is 12.4 Å². The fraction of sp³-hybridized carbons (Fsp3) is 0.333. The Hall–Kier alpha value is -2.31. The summed E-state index contributed by atoms with van der Waals surface area (Å²) in [4.78, 5) is 2.63. The Labute approximate surface area is 160 Å². The molecule has 0 aliphatic carbocycles. The van der Waals surface area contributed by atoms with Crippen LogP contribution in [0.3, 0.4) is 0 Å². The number of hydrogen-bond donors (Lipinski definition) is 1. The quantitative estimate of drug-likeness (QED) is 0.746. The Bertz CT molecular complexity index is 1060. The molecule has 5 nitrogen and oxygen atoms in total. The second-order valence-electron chi connectivity index (χ2n) is 7.37. The number of nitrogens with one attached hydrogen (secondary N) is 1. The molecule has 27 heavy (non-hydrogen) atoms. The van der Waals surface area contributed by atoms with Gasteiger partial charge in [0.1, 0.15) is 0 Å². The number of likely N-dealkylation sites (tertiary alicyclic amines) is 1. The zero-order valence-electron chi connectivity index (χ0n) is 15.7. The Morgan fingerprint density at radius 3 is 2.56 bits per heavy atom. The molecule has 1 aliphatic heterocycles. The summed E-state index contributed by atoms with van der Waals surface area (Å²) >= 11 is 0. The van der Waals surface area contributed by atoms with Crippen LogP contribution in [-0.4, -0.2) is 43.5 Å². The van der Waals surface area contributed by atoms with Gasteiger partial charge in [0.15, 0.2) is 0 Å². The largest absolute Gasteiger partial charge is 0.382 e. The molecule has 0 radical (unpaired) electrons. The third-order valence-electron chi connectivity index (χ3n) is 5.41. The van der Waals surface area contributed by atoms with Crippen molar-refractivity contribution in [1.29, 1.82) is 0 Å². The van der Waals surface area contributed by atoms with Crippen LogP contribution in [0.2, 0.25) is 0 Å². The minimum atomic E-state index is -3.64. The van der Waals surface area contributed by atoms with E-state index in [1.165, 1.54) is 3.97 Å². The first-order valence-corrected chi connectivity index (χ1v) is 10.8. The predicted octanol–water partition coefficient (Wildman–Crippen LogP) is 3.69. The number of rotatable bonds is 4. The molecule has 1 aromatic heterocycles. The van der Waals surface area contributed by atoms with E-state index in [1.807, 2.05) is 43.3 Å². The molecule has 142 valence electrons. The normalized spacial score (nSPS) is 16.7. The number of benzene rings is 2. The zero-order valence-corrected chi connectivity index (χ0v) is 16.5. The molecule has 0 bridgehead atoms. The lowest BCUT2D eigenvalue weighted by Crippen LogP contribution is -2.36. The smallest absolute Gasteiger partial charge is 0.268 e. The van der Waals surface area contributed by atoms with Gasteiger partial charge in [0.25, 0.3) is 10.0 Å². The van der Waals surface area contributed by atoms with Gasteiger partial charge in [0.05, 0.1) is 10.4 Å². The fourth-order valence-corrected chi connectivity index (χ4v) is 5.05. The summed E-state index contributed by atoms with van der Waals surface area (Å²) < 4.78 is 27.8. The SMILES string of the molecule is Cc1ccc(S(=O)(=O)n2ccc3ccccc32)cc1NC1CCN(C)CC1. The Kier molecular flexibility index (Phi) is 4.70. The van der Waals surface area contributed by atoms with Crippen molar-refractivity contribution in [2.45, 2.75) is 30.7 Å². The summed E-state index contributed by atoms with van der Waals surface area (Å²) in [5, 5.41) is 4.48. The van der Waals surface area contributed by atoms with Crippen LogP contribution in [0.1, 0.15) is 18.4 Å². The summed E-state index contributed by atoms with van der Waals surface area (Å²) in [7, 11) is -1.51. The molecule has 6 heteroatoms. The lowest BCUT2D eigenvalue weighted by molar-refractivity contribution is 0.264. The molecular formula is C21H25N3O2S. The van der Waals surface area contributed by atoms with Crippen LogP contribution >= 0.6 is 0 Å². The van der Waals surface area contributed by atoms with Crippen molar-refractivity contribution >= 4 is 26.6 Å². The van der Waals surface area contributed by atoms with E-state index < -0.39 is 10.0 Å². The van der Waals surface area contributed by atoms with Crippen LogP contribution in [0.4, 0.5) is 5.69 Å². The number of piperidine rings is 1. The maximum absolute atomic E-state index is 13.2. The van der Waals surface area contributed by atoms with Crippen LogP contribution in [0.15, 0.2) is 59.6 Å².